The smallest absolute Gasteiger partial charge is 0.118 e. The summed E-state index contributed by atoms with van der Waals surface area (Å²) in [5.41, 5.74) is 1.40. The quantitative estimate of drug-likeness (QED) is 0.925. The number of hydrogen-bond acceptors (Lipinski definition) is 3. The number of nitrogens with one attached hydrogen (secondary N) is 1. The van der Waals surface area contributed by atoms with Crippen LogP contribution < -0.4 is 5.32 Å². The van der Waals surface area contributed by atoms with Gasteiger partial charge in [0.05, 0.1) is 6.54 Å². The summed E-state index contributed by atoms with van der Waals surface area (Å²) in [6, 6.07) is 15.4. The van der Waals surface area contributed by atoms with Gasteiger partial charge in [-0.3, -0.25) is 4.90 Å². The van der Waals surface area contributed by atoms with Crippen molar-refractivity contribution in [3.05, 3.63) is 59.5 Å². The number of rotatable bonds is 4. The zero-order valence-electron chi connectivity index (χ0n) is 12.0. The van der Waals surface area contributed by atoms with Crippen molar-refractivity contribution >= 4 is 0 Å². The van der Waals surface area contributed by atoms with E-state index >= 15 is 0 Å². The van der Waals surface area contributed by atoms with Crippen LogP contribution in [-0.4, -0.2) is 30.6 Å². The topological polar surface area (TPSA) is 28.4 Å². The first-order valence-corrected chi connectivity index (χ1v) is 7.34. The minimum atomic E-state index is 0.530. The largest absolute Gasteiger partial charge is 0.465 e. The molecule has 2 heterocycles. The average Bonchev–Trinajstić information content (AvgIpc) is 2.86. The van der Waals surface area contributed by atoms with E-state index < -0.39 is 0 Å². The van der Waals surface area contributed by atoms with E-state index in [2.05, 4.69) is 46.6 Å². The predicted molar refractivity (Wildman–Crippen MR) is 80.7 cm³/mol. The second-order valence-corrected chi connectivity index (χ2v) is 5.59. The van der Waals surface area contributed by atoms with Gasteiger partial charge in [0.2, 0.25) is 0 Å². The van der Waals surface area contributed by atoms with Crippen LogP contribution in [0.2, 0.25) is 0 Å². The molecule has 1 aliphatic rings. The minimum absolute atomic E-state index is 0.530. The molecule has 1 unspecified atom stereocenters. The fraction of sp³-hybridized carbons (Fsp3) is 0.412. The molecule has 0 bridgehead atoms. The highest BCUT2D eigenvalue weighted by Crippen LogP contribution is 2.13. The molecule has 1 aliphatic heterocycles. The van der Waals surface area contributed by atoms with Gasteiger partial charge >= 0.3 is 0 Å². The number of benzene rings is 1. The van der Waals surface area contributed by atoms with E-state index in [1.54, 1.807) is 0 Å². The third kappa shape index (κ3) is 3.50. The fourth-order valence-corrected chi connectivity index (χ4v) is 2.86. The maximum absolute atomic E-state index is 5.68. The molecular weight excluding hydrogens is 248 g/mol. The van der Waals surface area contributed by atoms with Gasteiger partial charge in [0, 0.05) is 25.7 Å². The van der Waals surface area contributed by atoms with Gasteiger partial charge in [0.1, 0.15) is 11.5 Å². The van der Waals surface area contributed by atoms with Crippen LogP contribution in [0.3, 0.4) is 0 Å². The monoisotopic (exact) mass is 270 g/mol. The molecule has 1 fully saturated rings. The van der Waals surface area contributed by atoms with Gasteiger partial charge in [-0.25, -0.2) is 0 Å². The first-order valence-electron chi connectivity index (χ1n) is 7.34. The van der Waals surface area contributed by atoms with Crippen LogP contribution in [-0.2, 0) is 13.0 Å². The highest BCUT2D eigenvalue weighted by molar-refractivity contribution is 5.16. The molecule has 3 rings (SSSR count). The normalized spacial score (nSPS) is 20.1. The SMILES string of the molecule is Cc1ccc(CN2CCNC(Cc3ccccc3)C2)o1. The van der Waals surface area contributed by atoms with Gasteiger partial charge in [-0.1, -0.05) is 30.3 Å². The average molecular weight is 270 g/mol. The van der Waals surface area contributed by atoms with Crippen molar-refractivity contribution in [2.24, 2.45) is 0 Å². The number of aryl methyl sites for hydroxylation is 1. The number of nitrogens with zero attached hydrogens (tertiary/aromatic N) is 1. The second kappa shape index (κ2) is 6.25. The molecule has 1 aromatic heterocycles. The van der Waals surface area contributed by atoms with Gasteiger partial charge in [0.25, 0.3) is 0 Å². The first kappa shape index (κ1) is 13.4. The Morgan fingerprint density at radius 2 is 2.05 bits per heavy atom. The zero-order chi connectivity index (χ0) is 13.8. The van der Waals surface area contributed by atoms with Crippen LogP contribution in [0.15, 0.2) is 46.9 Å². The lowest BCUT2D eigenvalue weighted by molar-refractivity contribution is 0.179. The van der Waals surface area contributed by atoms with E-state index in [0.717, 1.165) is 44.1 Å². The fourth-order valence-electron chi connectivity index (χ4n) is 2.86. The Morgan fingerprint density at radius 3 is 2.80 bits per heavy atom. The summed E-state index contributed by atoms with van der Waals surface area (Å²) in [7, 11) is 0. The number of piperazine rings is 1. The zero-order valence-corrected chi connectivity index (χ0v) is 12.0. The number of furan rings is 1. The van der Waals surface area contributed by atoms with Gasteiger partial charge in [-0.2, -0.15) is 0 Å². The van der Waals surface area contributed by atoms with Gasteiger partial charge in [-0.05, 0) is 31.0 Å². The van der Waals surface area contributed by atoms with Crippen molar-refractivity contribution in [1.29, 1.82) is 0 Å². The van der Waals surface area contributed by atoms with E-state index in [4.69, 9.17) is 4.42 Å². The van der Waals surface area contributed by atoms with Crippen molar-refractivity contribution < 1.29 is 4.42 Å². The van der Waals surface area contributed by atoms with Crippen molar-refractivity contribution in [2.75, 3.05) is 19.6 Å². The summed E-state index contributed by atoms with van der Waals surface area (Å²) in [6.45, 7) is 6.14. The van der Waals surface area contributed by atoms with Crippen LogP contribution in [0.4, 0.5) is 0 Å². The first-order chi connectivity index (χ1) is 9.79. The van der Waals surface area contributed by atoms with Crippen LogP contribution in [0.1, 0.15) is 17.1 Å². The maximum atomic E-state index is 5.68. The Labute approximate surface area is 120 Å². The predicted octanol–water partition coefficient (Wildman–Crippen LogP) is 2.60. The lowest BCUT2D eigenvalue weighted by Crippen LogP contribution is -2.51. The lowest BCUT2D eigenvalue weighted by Gasteiger charge is -2.33. The molecule has 106 valence electrons. The minimum Gasteiger partial charge on any atom is -0.465 e. The third-order valence-corrected chi connectivity index (χ3v) is 3.84. The Hall–Kier alpha value is -1.58. The molecular formula is C17H22N2O. The molecule has 1 aromatic carbocycles. The van der Waals surface area contributed by atoms with Gasteiger partial charge in [-0.15, -0.1) is 0 Å². The highest BCUT2D eigenvalue weighted by atomic mass is 16.3. The van der Waals surface area contributed by atoms with E-state index in [1.807, 2.05) is 13.0 Å². The van der Waals surface area contributed by atoms with E-state index in [9.17, 15) is 0 Å². The summed E-state index contributed by atoms with van der Waals surface area (Å²) >= 11 is 0. The standard InChI is InChI=1S/C17H22N2O/c1-14-7-8-17(20-14)13-19-10-9-18-16(12-19)11-15-5-3-2-4-6-15/h2-8,16,18H,9-13H2,1H3. The summed E-state index contributed by atoms with van der Waals surface area (Å²) < 4.78 is 5.68. The Morgan fingerprint density at radius 1 is 1.20 bits per heavy atom. The van der Waals surface area contributed by atoms with Crippen LogP contribution >= 0.6 is 0 Å². The highest BCUT2D eigenvalue weighted by Gasteiger charge is 2.20. The van der Waals surface area contributed by atoms with Crippen molar-refractivity contribution in [3.63, 3.8) is 0 Å². The Bertz CT molecular complexity index is 535. The summed E-state index contributed by atoms with van der Waals surface area (Å²) in [5, 5.41) is 3.62. The van der Waals surface area contributed by atoms with E-state index in [1.165, 1.54) is 5.56 Å². The molecule has 3 nitrogen and oxygen atoms in total. The van der Waals surface area contributed by atoms with E-state index in [-0.39, 0.29) is 0 Å². The molecule has 0 radical (unpaired) electrons. The molecule has 0 aliphatic carbocycles. The molecule has 0 saturated carbocycles. The Balaban J connectivity index is 1.56. The summed E-state index contributed by atoms with van der Waals surface area (Å²) in [4.78, 5) is 2.47. The van der Waals surface area contributed by atoms with Crippen molar-refractivity contribution in [2.45, 2.75) is 25.9 Å². The van der Waals surface area contributed by atoms with Crippen LogP contribution in [0.5, 0.6) is 0 Å². The maximum Gasteiger partial charge on any atom is 0.118 e. The third-order valence-electron chi connectivity index (χ3n) is 3.84. The van der Waals surface area contributed by atoms with Gasteiger partial charge < -0.3 is 9.73 Å². The molecule has 1 N–H and O–H groups in total. The van der Waals surface area contributed by atoms with Crippen molar-refractivity contribution in [1.82, 2.24) is 10.2 Å². The molecule has 0 spiro atoms. The van der Waals surface area contributed by atoms with Gasteiger partial charge in [0.15, 0.2) is 0 Å². The number of hydrogen-bond donors (Lipinski definition) is 1. The summed E-state index contributed by atoms with van der Waals surface area (Å²) in [6.07, 6.45) is 1.09. The molecule has 3 heteroatoms. The lowest BCUT2D eigenvalue weighted by atomic mass is 10.0. The van der Waals surface area contributed by atoms with Crippen LogP contribution in [0, 0.1) is 6.92 Å². The summed E-state index contributed by atoms with van der Waals surface area (Å²) in [5.74, 6) is 2.07. The molecule has 20 heavy (non-hydrogen) atoms. The second-order valence-electron chi connectivity index (χ2n) is 5.59. The van der Waals surface area contributed by atoms with Crippen molar-refractivity contribution in [3.8, 4) is 0 Å². The molecule has 0 amide bonds. The van der Waals surface area contributed by atoms with E-state index in [0.29, 0.717) is 6.04 Å². The molecule has 1 saturated heterocycles. The molecule has 1 atom stereocenters. The Kier molecular flexibility index (Phi) is 4.19. The van der Waals surface area contributed by atoms with Crippen LogP contribution in [0.25, 0.3) is 0 Å². The molecule has 2 aromatic rings.